The predicted molar refractivity (Wildman–Crippen MR) is 74.8 cm³/mol. The van der Waals surface area contributed by atoms with Crippen molar-refractivity contribution in [2.75, 3.05) is 39.8 Å². The van der Waals surface area contributed by atoms with Crippen LogP contribution in [0.15, 0.2) is 17.5 Å². The zero-order valence-corrected chi connectivity index (χ0v) is 11.9. The van der Waals surface area contributed by atoms with Gasteiger partial charge in [0.05, 0.1) is 6.54 Å². The number of nitrogens with zero attached hydrogens (tertiary/aromatic N) is 2. The molecule has 1 fully saturated rings. The Bertz CT molecular complexity index is 374. The van der Waals surface area contributed by atoms with Crippen molar-refractivity contribution in [1.82, 2.24) is 15.1 Å². The van der Waals surface area contributed by atoms with E-state index in [9.17, 15) is 4.79 Å². The lowest BCUT2D eigenvalue weighted by Crippen LogP contribution is -2.49. The van der Waals surface area contributed by atoms with Gasteiger partial charge in [-0.1, -0.05) is 6.07 Å². The number of thiophene rings is 1. The number of nitrogens with one attached hydrogen (secondary N) is 1. The van der Waals surface area contributed by atoms with Crippen molar-refractivity contribution >= 4 is 17.2 Å². The van der Waals surface area contributed by atoms with E-state index in [0.29, 0.717) is 12.6 Å². The average molecular weight is 267 g/mol. The van der Waals surface area contributed by atoms with Gasteiger partial charge in [-0.15, -0.1) is 11.3 Å². The van der Waals surface area contributed by atoms with Crippen molar-refractivity contribution in [2.45, 2.75) is 13.0 Å². The first kappa shape index (κ1) is 13.5. The first-order valence-corrected chi connectivity index (χ1v) is 7.28. The molecular weight excluding hydrogens is 246 g/mol. The third kappa shape index (κ3) is 3.31. The third-order valence-electron chi connectivity index (χ3n) is 3.47. The Morgan fingerprint density at radius 2 is 2.28 bits per heavy atom. The highest BCUT2D eigenvalue weighted by Crippen LogP contribution is 2.23. The van der Waals surface area contributed by atoms with E-state index in [1.807, 2.05) is 11.9 Å². The maximum absolute atomic E-state index is 12.1. The van der Waals surface area contributed by atoms with Crippen molar-refractivity contribution in [3.05, 3.63) is 22.4 Å². The normalized spacial score (nSPS) is 18.1. The first-order chi connectivity index (χ1) is 8.68. The second-order valence-corrected chi connectivity index (χ2v) is 5.72. The van der Waals surface area contributed by atoms with Crippen LogP contribution in [0, 0.1) is 0 Å². The summed E-state index contributed by atoms with van der Waals surface area (Å²) in [6.45, 7) is 6.14. The molecule has 1 aromatic rings. The molecule has 0 spiro atoms. The predicted octanol–water partition coefficient (Wildman–Crippen LogP) is 1.17. The van der Waals surface area contributed by atoms with Gasteiger partial charge in [-0.3, -0.25) is 9.69 Å². The number of amides is 1. The maximum atomic E-state index is 12.1. The Morgan fingerprint density at radius 1 is 1.56 bits per heavy atom. The molecule has 5 heteroatoms. The van der Waals surface area contributed by atoms with Crippen molar-refractivity contribution in [3.8, 4) is 0 Å². The number of rotatable bonds is 4. The van der Waals surface area contributed by atoms with Crippen molar-refractivity contribution in [2.24, 2.45) is 0 Å². The Morgan fingerprint density at radius 3 is 2.89 bits per heavy atom. The standard InChI is InChI=1S/C13H21N3OS/c1-11(12-4-3-9-18-12)15(2)10-13(17)16-7-5-14-6-8-16/h3-4,9,11,14H,5-8,10H2,1-2H3. The summed E-state index contributed by atoms with van der Waals surface area (Å²) in [5, 5.41) is 5.34. The fourth-order valence-electron chi connectivity index (χ4n) is 2.11. The van der Waals surface area contributed by atoms with Crippen LogP contribution in [-0.2, 0) is 4.79 Å². The topological polar surface area (TPSA) is 35.6 Å². The number of piperazine rings is 1. The van der Waals surface area contributed by atoms with Gasteiger partial charge < -0.3 is 10.2 Å². The zero-order valence-electron chi connectivity index (χ0n) is 11.1. The van der Waals surface area contributed by atoms with E-state index < -0.39 is 0 Å². The summed E-state index contributed by atoms with van der Waals surface area (Å²) in [6.07, 6.45) is 0. The van der Waals surface area contributed by atoms with E-state index >= 15 is 0 Å². The molecular formula is C13H21N3OS. The molecule has 1 aliphatic rings. The average Bonchev–Trinajstić information content (AvgIpc) is 2.92. The van der Waals surface area contributed by atoms with Crippen molar-refractivity contribution in [1.29, 1.82) is 0 Å². The van der Waals surface area contributed by atoms with Crippen LogP contribution in [0.3, 0.4) is 0 Å². The molecule has 1 aliphatic heterocycles. The number of hydrogen-bond acceptors (Lipinski definition) is 4. The van der Waals surface area contributed by atoms with Gasteiger partial charge in [-0.25, -0.2) is 0 Å². The molecule has 0 radical (unpaired) electrons. The van der Waals surface area contributed by atoms with Gasteiger partial charge in [0.2, 0.25) is 5.91 Å². The minimum atomic E-state index is 0.238. The van der Waals surface area contributed by atoms with Crippen molar-refractivity contribution in [3.63, 3.8) is 0 Å². The Labute approximate surface area is 113 Å². The van der Waals surface area contributed by atoms with Gasteiger partial charge in [0.25, 0.3) is 0 Å². The van der Waals surface area contributed by atoms with Crippen LogP contribution in [-0.4, -0.2) is 55.5 Å². The highest BCUT2D eigenvalue weighted by Gasteiger charge is 2.20. The lowest BCUT2D eigenvalue weighted by molar-refractivity contribution is -0.133. The Kier molecular flexibility index (Phi) is 4.74. The van der Waals surface area contributed by atoms with Gasteiger partial charge >= 0.3 is 0 Å². The minimum absolute atomic E-state index is 0.238. The molecule has 2 heterocycles. The summed E-state index contributed by atoms with van der Waals surface area (Å²) in [7, 11) is 2.02. The molecule has 100 valence electrons. The highest BCUT2D eigenvalue weighted by atomic mass is 32.1. The summed E-state index contributed by atoms with van der Waals surface area (Å²) in [5.41, 5.74) is 0. The zero-order chi connectivity index (χ0) is 13.0. The second kappa shape index (κ2) is 6.31. The van der Waals surface area contributed by atoms with E-state index in [-0.39, 0.29) is 5.91 Å². The van der Waals surface area contributed by atoms with Crippen LogP contribution in [0.25, 0.3) is 0 Å². The minimum Gasteiger partial charge on any atom is -0.339 e. The molecule has 0 saturated carbocycles. The monoisotopic (exact) mass is 267 g/mol. The van der Waals surface area contributed by atoms with E-state index in [1.54, 1.807) is 11.3 Å². The molecule has 1 aromatic heterocycles. The molecule has 0 aliphatic carbocycles. The second-order valence-electron chi connectivity index (χ2n) is 4.74. The van der Waals surface area contributed by atoms with Gasteiger partial charge in [0.15, 0.2) is 0 Å². The number of hydrogen-bond donors (Lipinski definition) is 1. The van der Waals surface area contributed by atoms with Crippen LogP contribution in [0.4, 0.5) is 0 Å². The van der Waals surface area contributed by atoms with Gasteiger partial charge in [-0.2, -0.15) is 0 Å². The number of carbonyl (C=O) groups excluding carboxylic acids is 1. The lowest BCUT2D eigenvalue weighted by Gasteiger charge is -2.30. The smallest absolute Gasteiger partial charge is 0.236 e. The largest absolute Gasteiger partial charge is 0.339 e. The molecule has 1 unspecified atom stereocenters. The molecule has 18 heavy (non-hydrogen) atoms. The highest BCUT2D eigenvalue weighted by molar-refractivity contribution is 7.10. The molecule has 1 amide bonds. The van der Waals surface area contributed by atoms with Crippen LogP contribution in [0.5, 0.6) is 0 Å². The van der Waals surface area contributed by atoms with E-state index in [1.165, 1.54) is 4.88 Å². The van der Waals surface area contributed by atoms with Crippen LogP contribution in [0.1, 0.15) is 17.8 Å². The summed E-state index contributed by atoms with van der Waals surface area (Å²) < 4.78 is 0. The molecule has 1 saturated heterocycles. The number of likely N-dealkylation sites (N-methyl/N-ethyl adjacent to an activating group) is 1. The molecule has 0 aromatic carbocycles. The summed E-state index contributed by atoms with van der Waals surface area (Å²) >= 11 is 1.75. The summed E-state index contributed by atoms with van der Waals surface area (Å²) in [4.78, 5) is 17.5. The van der Waals surface area contributed by atoms with Gasteiger partial charge in [0, 0.05) is 37.1 Å². The van der Waals surface area contributed by atoms with Crippen molar-refractivity contribution < 1.29 is 4.79 Å². The quantitative estimate of drug-likeness (QED) is 0.889. The molecule has 1 atom stereocenters. The lowest BCUT2D eigenvalue weighted by atomic mass is 10.2. The Hall–Kier alpha value is -0.910. The molecule has 4 nitrogen and oxygen atoms in total. The van der Waals surface area contributed by atoms with Crippen LogP contribution in [0.2, 0.25) is 0 Å². The molecule has 2 rings (SSSR count). The number of carbonyl (C=O) groups is 1. The molecule has 1 N–H and O–H groups in total. The summed E-state index contributed by atoms with van der Waals surface area (Å²) in [6, 6.07) is 4.49. The van der Waals surface area contributed by atoms with Gasteiger partial charge in [0.1, 0.15) is 0 Å². The Balaban J connectivity index is 1.86. The fraction of sp³-hybridized carbons (Fsp3) is 0.615. The van der Waals surface area contributed by atoms with E-state index in [4.69, 9.17) is 0 Å². The fourth-order valence-corrected chi connectivity index (χ4v) is 2.96. The first-order valence-electron chi connectivity index (χ1n) is 6.40. The van der Waals surface area contributed by atoms with E-state index in [2.05, 4.69) is 34.7 Å². The van der Waals surface area contributed by atoms with E-state index in [0.717, 1.165) is 26.2 Å². The molecule has 0 bridgehead atoms. The van der Waals surface area contributed by atoms with Crippen LogP contribution < -0.4 is 5.32 Å². The van der Waals surface area contributed by atoms with Gasteiger partial charge in [-0.05, 0) is 25.4 Å². The third-order valence-corrected chi connectivity index (χ3v) is 4.51. The summed E-state index contributed by atoms with van der Waals surface area (Å²) in [5.74, 6) is 0.238. The van der Waals surface area contributed by atoms with Crippen LogP contribution >= 0.6 is 11.3 Å². The maximum Gasteiger partial charge on any atom is 0.236 e. The SMILES string of the molecule is CC(c1cccs1)N(C)CC(=O)N1CCNCC1.